The smallest absolute Gasteiger partial charge is 0.302 e. The predicted octanol–water partition coefficient (Wildman–Crippen LogP) is 1.22. The van der Waals surface area contributed by atoms with E-state index in [-0.39, 0.29) is 25.5 Å². The normalized spacial score (nSPS) is 18.5. The van der Waals surface area contributed by atoms with Crippen molar-refractivity contribution in [3.05, 3.63) is 24.3 Å². The van der Waals surface area contributed by atoms with Crippen molar-refractivity contribution in [2.75, 3.05) is 32.6 Å². The Morgan fingerprint density at radius 1 is 1.32 bits per heavy atom. The Kier molecular flexibility index (Phi) is 5.23. The van der Waals surface area contributed by atoms with Gasteiger partial charge in [0.05, 0.1) is 19.4 Å². The molecule has 1 saturated heterocycles. The summed E-state index contributed by atoms with van der Waals surface area (Å²) >= 11 is 0. The van der Waals surface area contributed by atoms with Crippen molar-refractivity contribution < 1.29 is 26.6 Å². The van der Waals surface area contributed by atoms with E-state index >= 15 is 0 Å². The molecule has 8 heteroatoms. The van der Waals surface area contributed by atoms with Gasteiger partial charge in [0.15, 0.2) is 11.5 Å². The van der Waals surface area contributed by atoms with Crippen LogP contribution < -0.4 is 9.47 Å². The molecule has 22 heavy (non-hydrogen) atoms. The van der Waals surface area contributed by atoms with Gasteiger partial charge in [0.1, 0.15) is 6.61 Å². The Hall–Kier alpha value is -1.83. The van der Waals surface area contributed by atoms with Gasteiger partial charge in [-0.2, -0.15) is 8.42 Å². The molecule has 122 valence electrons. The molecule has 6 nitrogen and oxygen atoms in total. The van der Waals surface area contributed by atoms with Crippen LogP contribution in [0.2, 0.25) is 0 Å². The molecule has 0 bridgehead atoms. The number of likely N-dealkylation sites (tertiary alicyclic amines) is 1. The van der Waals surface area contributed by atoms with E-state index in [0.29, 0.717) is 18.0 Å². The highest BCUT2D eigenvalue weighted by Gasteiger charge is 2.32. The van der Waals surface area contributed by atoms with Crippen molar-refractivity contribution in [3.63, 3.8) is 0 Å². The minimum atomic E-state index is -4.55. The van der Waals surface area contributed by atoms with Crippen LogP contribution >= 0.6 is 0 Å². The van der Waals surface area contributed by atoms with E-state index in [1.54, 1.807) is 18.2 Å². The summed E-state index contributed by atoms with van der Waals surface area (Å²) in [5, 5.41) is 0. The van der Waals surface area contributed by atoms with Crippen LogP contribution in [0.5, 0.6) is 11.5 Å². The second-order valence-corrected chi connectivity index (χ2v) is 6.53. The average molecular weight is 331 g/mol. The molecule has 1 aromatic carbocycles. The van der Waals surface area contributed by atoms with E-state index in [1.807, 2.05) is 6.07 Å². The first kappa shape index (κ1) is 16.5. The SMILES string of the molecule is COc1ccccc1OCCN1CC(CS(=O)(=O)F)CC1=O. The van der Waals surface area contributed by atoms with Crippen LogP contribution in [0.25, 0.3) is 0 Å². The lowest BCUT2D eigenvalue weighted by molar-refractivity contribution is -0.128. The largest absolute Gasteiger partial charge is 0.493 e. The molecule has 1 atom stereocenters. The molecular formula is C14H18FNO5S. The summed E-state index contributed by atoms with van der Waals surface area (Å²) < 4.78 is 44.6. The van der Waals surface area contributed by atoms with E-state index in [0.717, 1.165) is 0 Å². The first-order valence-corrected chi connectivity index (χ1v) is 8.40. The lowest BCUT2D eigenvalue weighted by Crippen LogP contribution is -2.30. The van der Waals surface area contributed by atoms with Gasteiger partial charge in [0.25, 0.3) is 0 Å². The van der Waals surface area contributed by atoms with Gasteiger partial charge in [-0.3, -0.25) is 4.79 Å². The number of hydrogen-bond donors (Lipinski definition) is 0. The molecule has 0 radical (unpaired) electrons. The van der Waals surface area contributed by atoms with Gasteiger partial charge >= 0.3 is 10.2 Å². The van der Waals surface area contributed by atoms with E-state index in [9.17, 15) is 17.1 Å². The zero-order valence-electron chi connectivity index (χ0n) is 12.2. The molecule has 0 N–H and O–H groups in total. The van der Waals surface area contributed by atoms with Gasteiger partial charge < -0.3 is 14.4 Å². The van der Waals surface area contributed by atoms with Crippen LogP contribution in [0.15, 0.2) is 24.3 Å². The molecule has 1 amide bonds. The maximum atomic E-state index is 12.7. The minimum absolute atomic E-state index is 0.0534. The van der Waals surface area contributed by atoms with Crippen molar-refractivity contribution in [2.45, 2.75) is 6.42 Å². The topological polar surface area (TPSA) is 72.9 Å². The fraction of sp³-hybridized carbons (Fsp3) is 0.500. The highest BCUT2D eigenvalue weighted by molar-refractivity contribution is 7.86. The number of para-hydroxylation sites is 2. The standard InChI is InChI=1S/C14H18FNO5S/c1-20-12-4-2-3-5-13(12)21-7-6-16-9-11(8-14(16)17)10-22(15,18)19/h2-5,11H,6-10H2,1H3. The summed E-state index contributed by atoms with van der Waals surface area (Å²) in [6, 6.07) is 7.14. The van der Waals surface area contributed by atoms with Crippen molar-refractivity contribution in [2.24, 2.45) is 5.92 Å². The van der Waals surface area contributed by atoms with E-state index in [1.165, 1.54) is 12.0 Å². The number of hydrogen-bond acceptors (Lipinski definition) is 5. The van der Waals surface area contributed by atoms with Gasteiger partial charge in [0.2, 0.25) is 5.91 Å². The van der Waals surface area contributed by atoms with E-state index in [2.05, 4.69) is 0 Å². The summed E-state index contributed by atoms with van der Waals surface area (Å²) in [7, 11) is -3.02. The maximum absolute atomic E-state index is 12.7. The van der Waals surface area contributed by atoms with Gasteiger partial charge in [-0.05, 0) is 12.1 Å². The number of benzene rings is 1. The molecule has 1 aromatic rings. The van der Waals surface area contributed by atoms with Crippen molar-refractivity contribution in [1.82, 2.24) is 4.90 Å². The molecule has 0 saturated carbocycles. The van der Waals surface area contributed by atoms with Crippen LogP contribution in [0, 0.1) is 5.92 Å². The second kappa shape index (κ2) is 6.95. The first-order valence-electron chi connectivity index (χ1n) is 6.85. The minimum Gasteiger partial charge on any atom is -0.493 e. The number of methoxy groups -OCH3 is 1. The molecule has 0 aliphatic carbocycles. The monoisotopic (exact) mass is 331 g/mol. The lowest BCUT2D eigenvalue weighted by Gasteiger charge is -2.17. The summed E-state index contributed by atoms with van der Waals surface area (Å²) in [5.74, 6) is -0.120. The summed E-state index contributed by atoms with van der Waals surface area (Å²) in [6.45, 7) is 0.804. The number of nitrogens with zero attached hydrogens (tertiary/aromatic N) is 1. The summed E-state index contributed by atoms with van der Waals surface area (Å²) in [4.78, 5) is 13.3. The molecular weight excluding hydrogens is 313 g/mol. The molecule has 1 fully saturated rings. The predicted molar refractivity (Wildman–Crippen MR) is 78.1 cm³/mol. The fourth-order valence-electron chi connectivity index (χ4n) is 2.47. The van der Waals surface area contributed by atoms with Crippen molar-refractivity contribution in [1.29, 1.82) is 0 Å². The third kappa shape index (κ3) is 4.59. The number of amides is 1. The van der Waals surface area contributed by atoms with Crippen LogP contribution in [-0.2, 0) is 15.0 Å². The molecule has 1 aliphatic rings. The number of ether oxygens (including phenoxy) is 2. The lowest BCUT2D eigenvalue weighted by atomic mass is 10.1. The van der Waals surface area contributed by atoms with Crippen LogP contribution in [0.3, 0.4) is 0 Å². The second-order valence-electron chi connectivity index (χ2n) is 5.11. The van der Waals surface area contributed by atoms with Gasteiger partial charge in [0, 0.05) is 18.9 Å². The molecule has 1 aliphatic heterocycles. The van der Waals surface area contributed by atoms with Gasteiger partial charge in [-0.15, -0.1) is 3.89 Å². The third-order valence-corrected chi connectivity index (χ3v) is 4.29. The van der Waals surface area contributed by atoms with Crippen LogP contribution in [0.1, 0.15) is 6.42 Å². The van der Waals surface area contributed by atoms with Gasteiger partial charge in [-0.25, -0.2) is 0 Å². The Bertz CT molecular complexity index is 634. The third-order valence-electron chi connectivity index (χ3n) is 3.42. The molecule has 0 spiro atoms. The molecule has 2 rings (SSSR count). The quantitative estimate of drug-likeness (QED) is 0.703. The highest BCUT2D eigenvalue weighted by atomic mass is 32.3. The highest BCUT2D eigenvalue weighted by Crippen LogP contribution is 2.26. The Morgan fingerprint density at radius 3 is 2.64 bits per heavy atom. The molecule has 1 heterocycles. The Labute approximate surface area is 129 Å². The van der Waals surface area contributed by atoms with Crippen molar-refractivity contribution in [3.8, 4) is 11.5 Å². The average Bonchev–Trinajstić information content (AvgIpc) is 2.77. The summed E-state index contributed by atoms with van der Waals surface area (Å²) in [5.41, 5.74) is 0. The maximum Gasteiger partial charge on any atom is 0.302 e. The molecule has 0 aromatic heterocycles. The number of carbonyl (C=O) groups is 1. The Balaban J connectivity index is 1.83. The van der Waals surface area contributed by atoms with E-state index in [4.69, 9.17) is 9.47 Å². The van der Waals surface area contributed by atoms with Crippen molar-refractivity contribution >= 4 is 16.1 Å². The Morgan fingerprint density at radius 2 is 2.00 bits per heavy atom. The van der Waals surface area contributed by atoms with Gasteiger partial charge in [-0.1, -0.05) is 12.1 Å². The molecule has 1 unspecified atom stereocenters. The van der Waals surface area contributed by atoms with E-state index < -0.39 is 21.9 Å². The zero-order chi connectivity index (χ0) is 16.2. The first-order chi connectivity index (χ1) is 10.4. The zero-order valence-corrected chi connectivity index (χ0v) is 13.0. The number of rotatable bonds is 7. The van der Waals surface area contributed by atoms with Crippen LogP contribution in [0.4, 0.5) is 3.89 Å². The van der Waals surface area contributed by atoms with Crippen LogP contribution in [-0.4, -0.2) is 51.8 Å². The number of halogens is 1. The fourth-order valence-corrected chi connectivity index (χ4v) is 3.25. The summed E-state index contributed by atoms with van der Waals surface area (Å²) in [6.07, 6.45) is 0.0534. The number of carbonyl (C=O) groups excluding carboxylic acids is 1.